The van der Waals surface area contributed by atoms with Crippen molar-refractivity contribution < 1.29 is 4.79 Å². The molecule has 1 N–H and O–H groups in total. The predicted molar refractivity (Wildman–Crippen MR) is 97.8 cm³/mol. The molecule has 1 amide bonds. The van der Waals surface area contributed by atoms with Crippen molar-refractivity contribution in [2.24, 2.45) is 11.8 Å². The third-order valence-corrected chi connectivity index (χ3v) is 5.69. The van der Waals surface area contributed by atoms with E-state index >= 15 is 0 Å². The Balaban J connectivity index is 1.63. The highest BCUT2D eigenvalue weighted by Gasteiger charge is 2.33. The molecule has 0 spiro atoms. The number of likely N-dealkylation sites (N-methyl/N-ethyl adjacent to an activating group) is 1. The summed E-state index contributed by atoms with van der Waals surface area (Å²) in [6.07, 6.45) is 2.44. The van der Waals surface area contributed by atoms with Crippen LogP contribution in [0.15, 0.2) is 30.3 Å². The van der Waals surface area contributed by atoms with Gasteiger partial charge in [-0.1, -0.05) is 44.2 Å². The quantitative estimate of drug-likeness (QED) is 0.835. The normalized spacial score (nSPS) is 22.1. The average Bonchev–Trinajstić information content (AvgIpc) is 3.47. The summed E-state index contributed by atoms with van der Waals surface area (Å²) in [5.74, 6) is 1.01. The molecule has 24 heavy (non-hydrogen) atoms. The van der Waals surface area contributed by atoms with Gasteiger partial charge in [-0.15, -0.1) is 0 Å². The molecule has 0 bridgehead atoms. The molecule has 132 valence electrons. The van der Waals surface area contributed by atoms with Crippen molar-refractivity contribution in [3.63, 3.8) is 0 Å². The largest absolute Gasteiger partial charge is 0.354 e. The first kappa shape index (κ1) is 17.4. The first-order chi connectivity index (χ1) is 11.7. The minimum Gasteiger partial charge on any atom is -0.354 e. The van der Waals surface area contributed by atoms with Crippen LogP contribution >= 0.6 is 0 Å². The number of carbonyl (C=O) groups is 1. The third-order valence-electron chi connectivity index (χ3n) is 5.69. The monoisotopic (exact) mass is 329 g/mol. The summed E-state index contributed by atoms with van der Waals surface area (Å²) in [7, 11) is 0. The van der Waals surface area contributed by atoms with Gasteiger partial charge >= 0.3 is 0 Å². The number of piperazine rings is 1. The summed E-state index contributed by atoms with van der Waals surface area (Å²) >= 11 is 0. The van der Waals surface area contributed by atoms with Crippen molar-refractivity contribution in [2.45, 2.75) is 32.7 Å². The van der Waals surface area contributed by atoms with E-state index in [-0.39, 0.29) is 17.9 Å². The van der Waals surface area contributed by atoms with Gasteiger partial charge in [0, 0.05) is 38.6 Å². The Bertz CT molecular complexity index is 521. The molecule has 4 heteroatoms. The van der Waals surface area contributed by atoms with E-state index in [1.54, 1.807) is 0 Å². The topological polar surface area (TPSA) is 35.6 Å². The van der Waals surface area contributed by atoms with Crippen LogP contribution in [0.25, 0.3) is 0 Å². The van der Waals surface area contributed by atoms with Crippen molar-refractivity contribution >= 4 is 5.91 Å². The molecule has 1 aromatic rings. The van der Waals surface area contributed by atoms with Crippen molar-refractivity contribution in [1.82, 2.24) is 15.1 Å². The van der Waals surface area contributed by atoms with Crippen LogP contribution in [0, 0.1) is 11.8 Å². The van der Waals surface area contributed by atoms with Gasteiger partial charge in [0.2, 0.25) is 5.91 Å². The van der Waals surface area contributed by atoms with E-state index < -0.39 is 0 Å². The summed E-state index contributed by atoms with van der Waals surface area (Å²) in [5, 5.41) is 3.23. The molecule has 0 radical (unpaired) electrons. The second-order valence-electron chi connectivity index (χ2n) is 7.27. The fourth-order valence-corrected chi connectivity index (χ4v) is 3.69. The lowest BCUT2D eigenvalue weighted by Crippen LogP contribution is -2.50. The fraction of sp³-hybridized carbons (Fsp3) is 0.650. The Morgan fingerprint density at radius 2 is 1.83 bits per heavy atom. The Morgan fingerprint density at radius 1 is 1.17 bits per heavy atom. The molecule has 1 saturated carbocycles. The van der Waals surface area contributed by atoms with Crippen LogP contribution in [0.1, 0.15) is 38.3 Å². The second kappa shape index (κ2) is 8.13. The first-order valence-corrected chi connectivity index (χ1v) is 9.48. The summed E-state index contributed by atoms with van der Waals surface area (Å²) < 4.78 is 0. The van der Waals surface area contributed by atoms with E-state index in [1.165, 1.54) is 18.4 Å². The molecule has 1 aliphatic heterocycles. The van der Waals surface area contributed by atoms with Crippen molar-refractivity contribution in [2.75, 3.05) is 39.3 Å². The lowest BCUT2D eigenvalue weighted by Gasteiger charge is -2.39. The second-order valence-corrected chi connectivity index (χ2v) is 7.27. The molecule has 2 fully saturated rings. The molecule has 1 heterocycles. The highest BCUT2D eigenvalue weighted by molar-refractivity contribution is 5.78. The van der Waals surface area contributed by atoms with Crippen molar-refractivity contribution in [3.8, 4) is 0 Å². The molecule has 3 rings (SSSR count). The molecular weight excluding hydrogens is 298 g/mol. The molecule has 1 aromatic carbocycles. The molecule has 1 aliphatic carbocycles. The van der Waals surface area contributed by atoms with Gasteiger partial charge < -0.3 is 10.2 Å². The number of rotatable bonds is 7. The van der Waals surface area contributed by atoms with Crippen LogP contribution in [0.2, 0.25) is 0 Å². The van der Waals surface area contributed by atoms with Crippen molar-refractivity contribution in [3.05, 3.63) is 35.9 Å². The highest BCUT2D eigenvalue weighted by atomic mass is 16.1. The van der Waals surface area contributed by atoms with E-state index in [4.69, 9.17) is 0 Å². The minimum atomic E-state index is 0.165. The van der Waals surface area contributed by atoms with Gasteiger partial charge in [0.25, 0.3) is 0 Å². The third kappa shape index (κ3) is 4.37. The Morgan fingerprint density at radius 3 is 2.42 bits per heavy atom. The van der Waals surface area contributed by atoms with E-state index in [9.17, 15) is 4.79 Å². The minimum absolute atomic E-state index is 0.165. The van der Waals surface area contributed by atoms with Gasteiger partial charge in [-0.05, 0) is 30.9 Å². The maximum absolute atomic E-state index is 12.4. The fourth-order valence-electron chi connectivity index (χ4n) is 3.69. The van der Waals surface area contributed by atoms with Gasteiger partial charge in [-0.2, -0.15) is 0 Å². The maximum Gasteiger partial charge on any atom is 0.223 e. The predicted octanol–water partition coefficient (Wildman–Crippen LogP) is 2.53. The van der Waals surface area contributed by atoms with Crippen LogP contribution < -0.4 is 5.32 Å². The molecule has 2 atom stereocenters. The van der Waals surface area contributed by atoms with E-state index in [0.29, 0.717) is 12.5 Å². The van der Waals surface area contributed by atoms with Crippen LogP contribution in [0.5, 0.6) is 0 Å². The molecule has 2 aliphatic rings. The summed E-state index contributed by atoms with van der Waals surface area (Å²) in [6.45, 7) is 10.5. The lowest BCUT2D eigenvalue weighted by atomic mass is 10.0. The summed E-state index contributed by atoms with van der Waals surface area (Å²) in [5.41, 5.74) is 1.31. The molecular formula is C20H31N3O. The zero-order chi connectivity index (χ0) is 16.9. The summed E-state index contributed by atoms with van der Waals surface area (Å²) in [4.78, 5) is 17.4. The molecule has 1 saturated heterocycles. The van der Waals surface area contributed by atoms with E-state index in [0.717, 1.165) is 32.7 Å². The van der Waals surface area contributed by atoms with Gasteiger partial charge in [0.05, 0.1) is 6.04 Å². The SMILES string of the molecule is CCN1CCN(C(CNC(=O)C(C)C2CC2)c2ccccc2)CC1. The van der Waals surface area contributed by atoms with Crippen LogP contribution in [-0.4, -0.2) is 55.0 Å². The zero-order valence-corrected chi connectivity index (χ0v) is 15.1. The van der Waals surface area contributed by atoms with Gasteiger partial charge in [0.15, 0.2) is 0 Å². The number of nitrogens with one attached hydrogen (secondary N) is 1. The van der Waals surface area contributed by atoms with E-state index in [1.807, 2.05) is 0 Å². The van der Waals surface area contributed by atoms with Crippen LogP contribution in [0.4, 0.5) is 0 Å². The number of hydrogen-bond acceptors (Lipinski definition) is 3. The van der Waals surface area contributed by atoms with Gasteiger partial charge in [-0.25, -0.2) is 0 Å². The van der Waals surface area contributed by atoms with Crippen molar-refractivity contribution in [1.29, 1.82) is 0 Å². The van der Waals surface area contributed by atoms with Gasteiger partial charge in [-0.3, -0.25) is 9.69 Å². The van der Waals surface area contributed by atoms with Gasteiger partial charge in [0.1, 0.15) is 0 Å². The number of benzene rings is 1. The number of hydrogen-bond donors (Lipinski definition) is 1. The smallest absolute Gasteiger partial charge is 0.223 e. The Kier molecular flexibility index (Phi) is 5.90. The standard InChI is InChI=1S/C20H31N3O/c1-3-22-11-13-23(14-12-22)19(18-7-5-4-6-8-18)15-21-20(24)16(2)17-9-10-17/h4-8,16-17,19H,3,9-15H2,1-2H3,(H,21,24). The van der Waals surface area contributed by atoms with E-state index in [2.05, 4.69) is 59.3 Å². The number of carbonyl (C=O) groups excluding carboxylic acids is 1. The zero-order valence-electron chi connectivity index (χ0n) is 15.1. The molecule has 4 nitrogen and oxygen atoms in total. The maximum atomic E-state index is 12.4. The highest BCUT2D eigenvalue weighted by Crippen LogP contribution is 2.36. The first-order valence-electron chi connectivity index (χ1n) is 9.48. The average molecular weight is 329 g/mol. The number of nitrogens with zero attached hydrogens (tertiary/aromatic N) is 2. The Hall–Kier alpha value is -1.39. The van der Waals surface area contributed by atoms with Crippen LogP contribution in [0.3, 0.4) is 0 Å². The summed E-state index contributed by atoms with van der Waals surface area (Å²) in [6, 6.07) is 10.9. The molecule has 0 aromatic heterocycles. The molecule has 2 unspecified atom stereocenters. The lowest BCUT2D eigenvalue weighted by molar-refractivity contribution is -0.125. The van der Waals surface area contributed by atoms with Crippen LogP contribution in [-0.2, 0) is 4.79 Å². The number of amides is 1. The Labute approximate surface area is 146 Å².